The van der Waals surface area contributed by atoms with Gasteiger partial charge in [-0.05, 0) is 31.5 Å². The summed E-state index contributed by atoms with van der Waals surface area (Å²) in [6.07, 6.45) is 2.96. The number of benzene rings is 1. The lowest BCUT2D eigenvalue weighted by atomic mass is 10.0. The molecule has 1 aromatic carbocycles. The van der Waals surface area contributed by atoms with Crippen molar-refractivity contribution in [1.29, 1.82) is 0 Å². The molecule has 0 amide bonds. The summed E-state index contributed by atoms with van der Waals surface area (Å²) in [6.45, 7) is 2.01. The van der Waals surface area contributed by atoms with Crippen LogP contribution in [-0.2, 0) is 14.3 Å². The van der Waals surface area contributed by atoms with Crippen molar-refractivity contribution in [2.45, 2.75) is 25.7 Å². The van der Waals surface area contributed by atoms with Gasteiger partial charge in [0.1, 0.15) is 12.1 Å². The minimum absolute atomic E-state index is 0.263. The maximum atomic E-state index is 12.1. The number of hydrogen-bond acceptors (Lipinski definition) is 4. The van der Waals surface area contributed by atoms with E-state index in [2.05, 4.69) is 9.97 Å². The number of halogens is 2. The Morgan fingerprint density at radius 2 is 2.22 bits per heavy atom. The highest BCUT2D eigenvalue weighted by Gasteiger charge is 2.24. The third kappa shape index (κ3) is 4.33. The Hall–Kier alpha value is -1.85. The van der Waals surface area contributed by atoms with Gasteiger partial charge in [0.25, 0.3) is 0 Å². The summed E-state index contributed by atoms with van der Waals surface area (Å²) in [5, 5.41) is 0.986. The van der Waals surface area contributed by atoms with Crippen LogP contribution < -0.4 is 0 Å². The van der Waals surface area contributed by atoms with Gasteiger partial charge in [-0.2, -0.15) is 0 Å². The standard InChI is InChI=1S/C16H16Cl2N2O3/c1-2-23-16(22)12(4-3-7-21)14-9-19-15(20-14)11-6-5-10(17)8-13(11)18/h5-9,12H,2-4H2,1H3,(H,19,20). The zero-order valence-electron chi connectivity index (χ0n) is 12.5. The number of nitrogens with one attached hydrogen (secondary N) is 1. The van der Waals surface area contributed by atoms with Crippen molar-refractivity contribution in [1.82, 2.24) is 9.97 Å². The number of esters is 1. The number of hydrogen-bond donors (Lipinski definition) is 1. The van der Waals surface area contributed by atoms with Crippen LogP contribution in [0.25, 0.3) is 11.4 Å². The van der Waals surface area contributed by atoms with E-state index in [0.29, 0.717) is 33.5 Å². The number of carbonyl (C=O) groups is 2. The summed E-state index contributed by atoms with van der Waals surface area (Å²) in [6, 6.07) is 5.08. The van der Waals surface area contributed by atoms with E-state index in [1.54, 1.807) is 31.3 Å². The summed E-state index contributed by atoms with van der Waals surface area (Å²) < 4.78 is 5.06. The number of rotatable bonds is 7. The molecule has 1 heterocycles. The lowest BCUT2D eigenvalue weighted by molar-refractivity contribution is -0.145. The average molecular weight is 355 g/mol. The second-order valence-corrected chi connectivity index (χ2v) is 5.70. The lowest BCUT2D eigenvalue weighted by Crippen LogP contribution is -2.16. The van der Waals surface area contributed by atoms with Crippen LogP contribution >= 0.6 is 23.2 Å². The average Bonchev–Trinajstić information content (AvgIpc) is 2.97. The normalized spacial score (nSPS) is 12.0. The van der Waals surface area contributed by atoms with Crippen molar-refractivity contribution in [3.05, 3.63) is 40.1 Å². The first-order chi connectivity index (χ1) is 11.1. The smallest absolute Gasteiger partial charge is 0.314 e. The summed E-state index contributed by atoms with van der Waals surface area (Å²) in [5.74, 6) is -0.415. The maximum absolute atomic E-state index is 12.1. The number of imidazole rings is 1. The number of aldehydes is 1. The summed E-state index contributed by atoms with van der Waals surface area (Å²) in [7, 11) is 0. The fourth-order valence-corrected chi connectivity index (χ4v) is 2.71. The van der Waals surface area contributed by atoms with Crippen LogP contribution in [0, 0.1) is 0 Å². The van der Waals surface area contributed by atoms with Crippen LogP contribution in [0.15, 0.2) is 24.4 Å². The van der Waals surface area contributed by atoms with E-state index in [9.17, 15) is 9.59 Å². The molecule has 0 aliphatic heterocycles. The molecule has 0 saturated heterocycles. The van der Waals surface area contributed by atoms with Crippen molar-refractivity contribution < 1.29 is 14.3 Å². The molecule has 1 unspecified atom stereocenters. The molecule has 5 nitrogen and oxygen atoms in total. The number of nitrogens with zero attached hydrogens (tertiary/aromatic N) is 1. The molecule has 1 atom stereocenters. The van der Waals surface area contributed by atoms with Gasteiger partial charge in [0.2, 0.25) is 0 Å². The number of carbonyl (C=O) groups excluding carboxylic acids is 2. The van der Waals surface area contributed by atoms with Crippen molar-refractivity contribution >= 4 is 35.5 Å². The van der Waals surface area contributed by atoms with E-state index in [-0.39, 0.29) is 19.0 Å². The second kappa shape index (κ2) is 8.13. The Bertz CT molecular complexity index is 700. The quantitative estimate of drug-likeness (QED) is 0.602. The van der Waals surface area contributed by atoms with Gasteiger partial charge in [-0.15, -0.1) is 0 Å². The zero-order valence-corrected chi connectivity index (χ0v) is 14.0. The first-order valence-electron chi connectivity index (χ1n) is 7.17. The van der Waals surface area contributed by atoms with Crippen LogP contribution in [-0.4, -0.2) is 28.8 Å². The molecule has 0 radical (unpaired) electrons. The summed E-state index contributed by atoms with van der Waals surface area (Å²) in [4.78, 5) is 30.0. The molecule has 0 aliphatic rings. The topological polar surface area (TPSA) is 72.1 Å². The van der Waals surface area contributed by atoms with Crippen LogP contribution in [0.1, 0.15) is 31.4 Å². The van der Waals surface area contributed by atoms with E-state index in [1.165, 1.54) is 0 Å². The molecule has 122 valence electrons. The zero-order chi connectivity index (χ0) is 16.8. The van der Waals surface area contributed by atoms with E-state index in [4.69, 9.17) is 27.9 Å². The van der Waals surface area contributed by atoms with Crippen molar-refractivity contribution in [3.8, 4) is 11.4 Å². The van der Waals surface area contributed by atoms with Crippen LogP contribution in [0.2, 0.25) is 10.0 Å². The molecular formula is C16H16Cl2N2O3. The Morgan fingerprint density at radius 1 is 1.43 bits per heavy atom. The van der Waals surface area contributed by atoms with Gasteiger partial charge in [-0.1, -0.05) is 23.2 Å². The summed E-state index contributed by atoms with van der Waals surface area (Å²) >= 11 is 12.1. The molecule has 0 aliphatic carbocycles. The Labute approximate surface area is 144 Å². The van der Waals surface area contributed by atoms with Crippen molar-refractivity contribution in [2.24, 2.45) is 0 Å². The number of H-pyrrole nitrogens is 1. The molecule has 23 heavy (non-hydrogen) atoms. The fourth-order valence-electron chi connectivity index (χ4n) is 2.21. The third-order valence-corrected chi connectivity index (χ3v) is 3.85. The monoisotopic (exact) mass is 354 g/mol. The van der Waals surface area contributed by atoms with Gasteiger partial charge in [0.05, 0.1) is 17.5 Å². The van der Waals surface area contributed by atoms with E-state index < -0.39 is 5.92 Å². The van der Waals surface area contributed by atoms with Crippen LogP contribution in [0.4, 0.5) is 0 Å². The van der Waals surface area contributed by atoms with Gasteiger partial charge in [0.15, 0.2) is 0 Å². The van der Waals surface area contributed by atoms with Crippen LogP contribution in [0.5, 0.6) is 0 Å². The Kier molecular flexibility index (Phi) is 6.19. The molecule has 2 rings (SSSR count). The van der Waals surface area contributed by atoms with E-state index in [1.807, 2.05) is 0 Å². The van der Waals surface area contributed by atoms with Gasteiger partial charge in [0, 0.05) is 28.9 Å². The molecule has 0 saturated carbocycles. The lowest BCUT2D eigenvalue weighted by Gasteiger charge is -2.12. The molecule has 0 bridgehead atoms. The predicted molar refractivity (Wildman–Crippen MR) is 88.7 cm³/mol. The molecule has 0 fully saturated rings. The van der Waals surface area contributed by atoms with Crippen LogP contribution in [0.3, 0.4) is 0 Å². The second-order valence-electron chi connectivity index (χ2n) is 4.86. The van der Waals surface area contributed by atoms with Gasteiger partial charge in [-0.25, -0.2) is 4.98 Å². The van der Waals surface area contributed by atoms with Gasteiger partial charge in [-0.3, -0.25) is 4.79 Å². The highest BCUT2D eigenvalue weighted by molar-refractivity contribution is 6.36. The number of ether oxygens (including phenoxy) is 1. The van der Waals surface area contributed by atoms with E-state index >= 15 is 0 Å². The minimum atomic E-state index is -0.563. The molecular weight excluding hydrogens is 339 g/mol. The molecule has 1 N–H and O–H groups in total. The predicted octanol–water partition coefficient (Wildman–Crippen LogP) is 4.01. The first-order valence-corrected chi connectivity index (χ1v) is 7.93. The number of aromatic nitrogens is 2. The highest BCUT2D eigenvalue weighted by Crippen LogP contribution is 2.30. The minimum Gasteiger partial charge on any atom is -0.465 e. The Balaban J connectivity index is 2.30. The highest BCUT2D eigenvalue weighted by atomic mass is 35.5. The molecule has 2 aromatic rings. The first kappa shape index (κ1) is 17.5. The van der Waals surface area contributed by atoms with Crippen molar-refractivity contribution in [3.63, 3.8) is 0 Å². The van der Waals surface area contributed by atoms with E-state index in [0.717, 1.165) is 6.29 Å². The van der Waals surface area contributed by atoms with Gasteiger partial charge >= 0.3 is 5.97 Å². The summed E-state index contributed by atoms with van der Waals surface area (Å²) in [5.41, 5.74) is 1.27. The SMILES string of the molecule is CCOC(=O)C(CCC=O)c1cnc(-c2ccc(Cl)cc2Cl)[nH]1. The number of aromatic amines is 1. The third-order valence-electron chi connectivity index (χ3n) is 3.30. The molecule has 1 aromatic heterocycles. The van der Waals surface area contributed by atoms with Gasteiger partial charge < -0.3 is 14.5 Å². The van der Waals surface area contributed by atoms with Crippen molar-refractivity contribution in [2.75, 3.05) is 6.61 Å². The Morgan fingerprint density at radius 3 is 2.87 bits per heavy atom. The molecule has 7 heteroatoms. The maximum Gasteiger partial charge on any atom is 0.314 e. The fraction of sp³-hybridized carbons (Fsp3) is 0.312. The molecule has 0 spiro atoms. The largest absolute Gasteiger partial charge is 0.465 e.